The molecule has 1 heterocycles. The lowest BCUT2D eigenvalue weighted by Crippen LogP contribution is -2.52. The van der Waals surface area contributed by atoms with Crippen LogP contribution in [0.15, 0.2) is 77.7 Å². The highest BCUT2D eigenvalue weighted by Gasteiger charge is 2.39. The molecule has 11 heteroatoms. The third-order valence-electron chi connectivity index (χ3n) is 7.20. The number of aryl methyl sites for hydroxylation is 1. The van der Waals surface area contributed by atoms with Gasteiger partial charge in [-0.2, -0.15) is 8.42 Å². The number of ether oxygens (including phenoxy) is 2. The predicted octanol–water partition coefficient (Wildman–Crippen LogP) is 6.98. The molecule has 0 aliphatic carbocycles. The average molecular weight is 625 g/mol. The topological polar surface area (TPSA) is 94.2 Å². The molecule has 1 amide bonds. The minimum Gasteiger partial charge on any atom is -0.496 e. The number of hydrogen-bond acceptors (Lipinski definition) is 7. The Bertz CT molecular complexity index is 1840. The lowest BCUT2D eigenvalue weighted by molar-refractivity contribution is -0.121. The van der Waals surface area contributed by atoms with Crippen LogP contribution in [-0.4, -0.2) is 34.0 Å². The third kappa shape index (κ3) is 5.85. The van der Waals surface area contributed by atoms with Crippen molar-refractivity contribution in [2.75, 3.05) is 24.4 Å². The van der Waals surface area contributed by atoms with Crippen molar-refractivity contribution in [3.05, 3.63) is 94.8 Å². The Kier molecular flexibility index (Phi) is 8.02. The van der Waals surface area contributed by atoms with Crippen molar-refractivity contribution in [1.82, 2.24) is 0 Å². The van der Waals surface area contributed by atoms with Crippen LogP contribution < -0.4 is 23.9 Å². The van der Waals surface area contributed by atoms with Gasteiger partial charge in [0.1, 0.15) is 40.1 Å². The van der Waals surface area contributed by atoms with Gasteiger partial charge in [0.15, 0.2) is 0 Å². The van der Waals surface area contributed by atoms with Crippen LogP contribution in [0.5, 0.6) is 17.2 Å². The maximum Gasteiger partial charge on any atom is 0.340 e. The molecule has 1 aliphatic rings. The van der Waals surface area contributed by atoms with E-state index in [4.69, 9.17) is 25.3 Å². The Morgan fingerprint density at radius 3 is 2.42 bits per heavy atom. The molecule has 4 aromatic rings. The fraction of sp³-hybridized carbons (Fsp3) is 0.219. The first-order chi connectivity index (χ1) is 20.3. The number of anilines is 2. The van der Waals surface area contributed by atoms with E-state index in [2.05, 4.69) is 5.32 Å². The molecule has 224 valence electrons. The smallest absolute Gasteiger partial charge is 0.340 e. The fourth-order valence-corrected chi connectivity index (χ4v) is 6.49. The Morgan fingerprint density at radius 2 is 1.70 bits per heavy atom. The first-order valence-corrected chi connectivity index (χ1v) is 15.1. The summed E-state index contributed by atoms with van der Waals surface area (Å²) in [4.78, 5) is 14.7. The third-order valence-corrected chi connectivity index (χ3v) is 8.95. The molecule has 0 saturated carbocycles. The molecule has 0 fully saturated rings. The minimum absolute atomic E-state index is 0.00911. The van der Waals surface area contributed by atoms with Gasteiger partial charge in [-0.15, -0.1) is 0 Å². The van der Waals surface area contributed by atoms with Gasteiger partial charge in [-0.1, -0.05) is 35.9 Å². The zero-order chi connectivity index (χ0) is 31.1. The number of likely N-dealkylation sites (N-methyl/N-ethyl adjacent to an activating group) is 1. The molecule has 0 saturated heterocycles. The molecule has 43 heavy (non-hydrogen) atoms. The molecule has 1 N–H and O–H groups in total. The standard InChI is InChI=1S/C32H30ClFN2O6S/c1-19-10-11-20(34)16-27(19)41-18-24-22(14-15-26-30(24)36(4)31(37)32(2,3)35-26)23-13-12-21(17-28(23)40-5)42-43(38,39)29-9-7-6-8-25(29)33/h6-17,35H,18H2,1-5H3. The summed E-state index contributed by atoms with van der Waals surface area (Å²) < 4.78 is 57.1. The van der Waals surface area contributed by atoms with Gasteiger partial charge >= 0.3 is 10.1 Å². The predicted molar refractivity (Wildman–Crippen MR) is 164 cm³/mol. The van der Waals surface area contributed by atoms with Gasteiger partial charge in [-0.05, 0) is 68.3 Å². The molecule has 0 atom stereocenters. The van der Waals surface area contributed by atoms with Crippen LogP contribution in [0.25, 0.3) is 11.1 Å². The number of methoxy groups -OCH3 is 1. The Labute approximate surface area is 255 Å². The van der Waals surface area contributed by atoms with Crippen molar-refractivity contribution >= 4 is 39.0 Å². The van der Waals surface area contributed by atoms with E-state index in [0.29, 0.717) is 33.9 Å². The summed E-state index contributed by atoms with van der Waals surface area (Å²) >= 11 is 6.10. The number of halogens is 2. The van der Waals surface area contributed by atoms with Gasteiger partial charge in [0.25, 0.3) is 5.91 Å². The molecule has 0 radical (unpaired) electrons. The zero-order valence-electron chi connectivity index (χ0n) is 24.2. The van der Waals surface area contributed by atoms with E-state index < -0.39 is 21.5 Å². The van der Waals surface area contributed by atoms with E-state index in [9.17, 15) is 17.6 Å². The highest BCUT2D eigenvalue weighted by molar-refractivity contribution is 7.87. The van der Waals surface area contributed by atoms with Gasteiger partial charge in [0.05, 0.1) is 23.5 Å². The first-order valence-electron chi connectivity index (χ1n) is 13.3. The highest BCUT2D eigenvalue weighted by atomic mass is 35.5. The van der Waals surface area contributed by atoms with E-state index in [-0.39, 0.29) is 28.2 Å². The van der Waals surface area contributed by atoms with E-state index in [0.717, 1.165) is 11.3 Å². The Hall–Kier alpha value is -4.28. The van der Waals surface area contributed by atoms with Crippen molar-refractivity contribution in [1.29, 1.82) is 0 Å². The van der Waals surface area contributed by atoms with Gasteiger partial charge in [-0.25, -0.2) is 4.39 Å². The number of amides is 1. The molecule has 5 rings (SSSR count). The van der Waals surface area contributed by atoms with Crippen LogP contribution in [0.1, 0.15) is 25.0 Å². The minimum atomic E-state index is -4.23. The van der Waals surface area contributed by atoms with Crippen molar-refractivity contribution in [3.63, 3.8) is 0 Å². The zero-order valence-corrected chi connectivity index (χ0v) is 25.8. The molecular weight excluding hydrogens is 595 g/mol. The summed E-state index contributed by atoms with van der Waals surface area (Å²) in [5.41, 5.74) is 3.10. The van der Waals surface area contributed by atoms with Gasteiger partial charge < -0.3 is 23.9 Å². The van der Waals surface area contributed by atoms with Crippen LogP contribution in [0.3, 0.4) is 0 Å². The quantitative estimate of drug-likeness (QED) is 0.211. The van der Waals surface area contributed by atoms with E-state index >= 15 is 0 Å². The van der Waals surface area contributed by atoms with Crippen LogP contribution >= 0.6 is 11.6 Å². The fourth-order valence-electron chi connectivity index (χ4n) is 5.07. The molecule has 0 bridgehead atoms. The SMILES string of the molecule is COc1cc(OS(=O)(=O)c2ccccc2Cl)ccc1-c1ccc2c(c1COc1cc(F)ccc1C)N(C)C(=O)C(C)(C)N2. The van der Waals surface area contributed by atoms with Crippen LogP contribution in [0, 0.1) is 12.7 Å². The number of rotatable bonds is 8. The molecule has 0 unspecified atom stereocenters. The van der Waals surface area contributed by atoms with E-state index in [1.54, 1.807) is 50.1 Å². The summed E-state index contributed by atoms with van der Waals surface area (Å²) in [6, 6.07) is 18.6. The normalized spacial score (nSPS) is 14.1. The van der Waals surface area contributed by atoms with Gasteiger partial charge in [0, 0.05) is 30.3 Å². The monoisotopic (exact) mass is 624 g/mol. The van der Waals surface area contributed by atoms with Crippen LogP contribution in [0.2, 0.25) is 5.02 Å². The van der Waals surface area contributed by atoms with Gasteiger partial charge in [-0.3, -0.25) is 4.79 Å². The second-order valence-electron chi connectivity index (χ2n) is 10.6. The number of nitrogens with one attached hydrogen (secondary N) is 1. The summed E-state index contributed by atoms with van der Waals surface area (Å²) in [7, 11) is -1.08. The molecule has 4 aromatic carbocycles. The van der Waals surface area contributed by atoms with E-state index in [1.807, 2.05) is 19.1 Å². The van der Waals surface area contributed by atoms with Crippen molar-refractivity contribution in [2.45, 2.75) is 37.8 Å². The summed E-state index contributed by atoms with van der Waals surface area (Å²) in [5.74, 6) is 0.106. The Balaban J connectivity index is 1.60. The van der Waals surface area contributed by atoms with Crippen LogP contribution in [-0.2, 0) is 21.5 Å². The average Bonchev–Trinajstić information content (AvgIpc) is 2.96. The largest absolute Gasteiger partial charge is 0.496 e. The van der Waals surface area contributed by atoms with Gasteiger partial charge in [0.2, 0.25) is 0 Å². The molecular formula is C32H30ClFN2O6S. The highest BCUT2D eigenvalue weighted by Crippen LogP contribution is 2.45. The lowest BCUT2D eigenvalue weighted by atomic mass is 9.91. The second kappa shape index (κ2) is 11.4. The summed E-state index contributed by atoms with van der Waals surface area (Å²) in [5, 5.41) is 3.34. The first kappa shape index (κ1) is 30.2. The number of carbonyl (C=O) groups is 1. The number of benzene rings is 4. The maximum atomic E-state index is 14.1. The Morgan fingerprint density at radius 1 is 0.977 bits per heavy atom. The number of nitrogens with zero attached hydrogens (tertiary/aromatic N) is 1. The van der Waals surface area contributed by atoms with Crippen molar-refractivity contribution in [3.8, 4) is 28.4 Å². The number of fused-ring (bicyclic) bond motifs is 1. The molecule has 0 spiro atoms. The summed E-state index contributed by atoms with van der Waals surface area (Å²) in [6.45, 7) is 5.40. The van der Waals surface area contributed by atoms with Crippen molar-refractivity contribution in [2.24, 2.45) is 0 Å². The summed E-state index contributed by atoms with van der Waals surface area (Å²) in [6.07, 6.45) is 0. The van der Waals surface area contributed by atoms with E-state index in [1.165, 1.54) is 43.5 Å². The molecule has 1 aliphatic heterocycles. The molecule has 8 nitrogen and oxygen atoms in total. The second-order valence-corrected chi connectivity index (χ2v) is 12.6. The maximum absolute atomic E-state index is 14.1. The lowest BCUT2D eigenvalue weighted by Gasteiger charge is -2.39. The number of carbonyl (C=O) groups excluding carboxylic acids is 1. The van der Waals surface area contributed by atoms with Crippen molar-refractivity contribution < 1.29 is 31.3 Å². The molecule has 0 aromatic heterocycles. The number of hydrogen-bond donors (Lipinski definition) is 1. The van der Waals surface area contributed by atoms with Crippen LogP contribution in [0.4, 0.5) is 15.8 Å².